The van der Waals surface area contributed by atoms with E-state index in [1.54, 1.807) is 10.7 Å². The number of aryl methyl sites for hydroxylation is 2. The second-order valence-corrected chi connectivity index (χ2v) is 10.7. The van der Waals surface area contributed by atoms with E-state index in [2.05, 4.69) is 10.4 Å². The molecule has 1 fully saturated rings. The minimum absolute atomic E-state index is 0.0403. The number of rotatable bonds is 8. The number of amides is 1. The summed E-state index contributed by atoms with van der Waals surface area (Å²) in [6.07, 6.45) is 1.21. The molecule has 8 nitrogen and oxygen atoms in total. The van der Waals surface area contributed by atoms with E-state index in [1.807, 2.05) is 45.0 Å². The molecule has 0 bridgehead atoms. The highest BCUT2D eigenvalue weighted by atomic mass is 32.2. The molecular formula is C24H30N4O4S. The molecule has 0 saturated carbocycles. The predicted octanol–water partition coefficient (Wildman–Crippen LogP) is 3.23. The Kier molecular flexibility index (Phi) is 6.81. The van der Waals surface area contributed by atoms with Crippen molar-refractivity contribution in [3.63, 3.8) is 0 Å². The van der Waals surface area contributed by atoms with Crippen molar-refractivity contribution in [1.29, 1.82) is 0 Å². The Balaban J connectivity index is 1.78. The number of nitrogens with one attached hydrogen (secondary N) is 1. The van der Waals surface area contributed by atoms with Gasteiger partial charge in [0.25, 0.3) is 5.91 Å². The van der Waals surface area contributed by atoms with E-state index in [4.69, 9.17) is 9.72 Å². The fraction of sp³-hybridized carbons (Fsp3) is 0.458. The second-order valence-electron chi connectivity index (χ2n) is 8.51. The van der Waals surface area contributed by atoms with Crippen molar-refractivity contribution >= 4 is 26.8 Å². The molecule has 1 amide bonds. The first-order valence-electron chi connectivity index (χ1n) is 11.3. The van der Waals surface area contributed by atoms with Gasteiger partial charge in [0.1, 0.15) is 0 Å². The minimum atomic E-state index is -3.10. The van der Waals surface area contributed by atoms with E-state index in [9.17, 15) is 13.2 Å². The zero-order chi connectivity index (χ0) is 23.6. The maximum Gasteiger partial charge on any atom is 0.252 e. The third kappa shape index (κ3) is 5.09. The molecule has 1 atom stereocenters. The quantitative estimate of drug-likeness (QED) is 0.507. The molecule has 33 heavy (non-hydrogen) atoms. The molecule has 1 unspecified atom stereocenters. The van der Waals surface area contributed by atoms with Crippen LogP contribution in [0.15, 0.2) is 30.3 Å². The van der Waals surface area contributed by atoms with E-state index in [-0.39, 0.29) is 23.5 Å². The smallest absolute Gasteiger partial charge is 0.252 e. The number of benzene rings is 1. The highest BCUT2D eigenvalue weighted by Crippen LogP contribution is 2.32. The van der Waals surface area contributed by atoms with Gasteiger partial charge in [-0.1, -0.05) is 29.8 Å². The molecule has 4 rings (SSSR count). The molecule has 1 aliphatic rings. The van der Waals surface area contributed by atoms with Crippen molar-refractivity contribution < 1.29 is 17.9 Å². The maximum atomic E-state index is 13.2. The average molecular weight is 471 g/mol. The first-order valence-corrected chi connectivity index (χ1v) is 13.1. The summed E-state index contributed by atoms with van der Waals surface area (Å²) in [5.41, 5.74) is 4.38. The van der Waals surface area contributed by atoms with Gasteiger partial charge in [-0.25, -0.2) is 18.1 Å². The molecule has 3 heterocycles. The molecule has 0 spiro atoms. The SMILES string of the molecule is CCOCCCNC(=O)c1cc(-c2ccc(C)cc2)nc2c1c(C)nn2C1CCS(=O)(=O)C1. The van der Waals surface area contributed by atoms with Gasteiger partial charge in [-0.3, -0.25) is 4.79 Å². The lowest BCUT2D eigenvalue weighted by atomic mass is 10.0. The highest BCUT2D eigenvalue weighted by Gasteiger charge is 2.32. The Bertz CT molecular complexity index is 1270. The van der Waals surface area contributed by atoms with Crippen LogP contribution < -0.4 is 5.32 Å². The zero-order valence-electron chi connectivity index (χ0n) is 19.3. The predicted molar refractivity (Wildman–Crippen MR) is 128 cm³/mol. The first-order chi connectivity index (χ1) is 15.8. The van der Waals surface area contributed by atoms with Gasteiger partial charge >= 0.3 is 0 Å². The van der Waals surface area contributed by atoms with Gasteiger partial charge in [-0.2, -0.15) is 5.10 Å². The number of nitrogens with zero attached hydrogens (tertiary/aromatic N) is 3. The van der Waals surface area contributed by atoms with E-state index in [0.29, 0.717) is 54.2 Å². The normalized spacial score (nSPS) is 17.5. The van der Waals surface area contributed by atoms with Crippen LogP contribution in [0, 0.1) is 13.8 Å². The molecule has 9 heteroatoms. The zero-order valence-corrected chi connectivity index (χ0v) is 20.1. The molecule has 1 N–H and O–H groups in total. The van der Waals surface area contributed by atoms with Crippen LogP contribution in [0.1, 0.15) is 47.4 Å². The van der Waals surface area contributed by atoms with Crippen LogP contribution in [0.25, 0.3) is 22.3 Å². The lowest BCUT2D eigenvalue weighted by molar-refractivity contribution is 0.0945. The van der Waals surface area contributed by atoms with Gasteiger partial charge in [0, 0.05) is 25.3 Å². The molecule has 0 aliphatic carbocycles. The number of carbonyl (C=O) groups excluding carboxylic acids is 1. The molecule has 1 aromatic carbocycles. The van der Waals surface area contributed by atoms with Gasteiger partial charge in [0.05, 0.1) is 39.9 Å². The Morgan fingerprint density at radius 3 is 2.67 bits per heavy atom. The van der Waals surface area contributed by atoms with Crippen molar-refractivity contribution in [2.45, 2.75) is 39.7 Å². The topological polar surface area (TPSA) is 103 Å². The average Bonchev–Trinajstić information content (AvgIpc) is 3.32. The Labute approximate surface area is 194 Å². The maximum absolute atomic E-state index is 13.2. The molecule has 0 radical (unpaired) electrons. The molecule has 2 aromatic heterocycles. The molecule has 3 aromatic rings. The molecule has 1 saturated heterocycles. The summed E-state index contributed by atoms with van der Waals surface area (Å²) in [5, 5.41) is 8.28. The number of hydrogen-bond acceptors (Lipinski definition) is 6. The van der Waals surface area contributed by atoms with Crippen LogP contribution in [-0.2, 0) is 14.6 Å². The highest BCUT2D eigenvalue weighted by molar-refractivity contribution is 7.91. The fourth-order valence-corrected chi connectivity index (χ4v) is 5.89. The summed E-state index contributed by atoms with van der Waals surface area (Å²) in [6.45, 7) is 7.52. The summed E-state index contributed by atoms with van der Waals surface area (Å²) in [6, 6.07) is 9.47. The fourth-order valence-electron chi connectivity index (χ4n) is 4.20. The van der Waals surface area contributed by atoms with Crippen LogP contribution in [0.5, 0.6) is 0 Å². The Hall–Kier alpha value is -2.78. The van der Waals surface area contributed by atoms with Crippen molar-refractivity contribution in [3.8, 4) is 11.3 Å². The molecule has 176 valence electrons. The minimum Gasteiger partial charge on any atom is -0.382 e. The lowest BCUT2D eigenvalue weighted by Crippen LogP contribution is -2.25. The van der Waals surface area contributed by atoms with Gasteiger partial charge in [-0.05, 0) is 39.7 Å². The number of hydrogen-bond donors (Lipinski definition) is 1. The van der Waals surface area contributed by atoms with Crippen LogP contribution >= 0.6 is 0 Å². The van der Waals surface area contributed by atoms with Crippen LogP contribution in [-0.4, -0.2) is 60.4 Å². The van der Waals surface area contributed by atoms with E-state index in [1.165, 1.54) is 0 Å². The number of carbonyl (C=O) groups is 1. The third-order valence-electron chi connectivity index (χ3n) is 5.94. The second kappa shape index (κ2) is 9.61. The van der Waals surface area contributed by atoms with Crippen LogP contribution in [0.2, 0.25) is 0 Å². The lowest BCUT2D eigenvalue weighted by Gasteiger charge is -2.12. The number of fused-ring (bicyclic) bond motifs is 1. The van der Waals surface area contributed by atoms with Gasteiger partial charge < -0.3 is 10.1 Å². The molecule has 1 aliphatic heterocycles. The van der Waals surface area contributed by atoms with E-state index in [0.717, 1.165) is 17.5 Å². The van der Waals surface area contributed by atoms with Crippen molar-refractivity contribution in [2.24, 2.45) is 0 Å². The third-order valence-corrected chi connectivity index (χ3v) is 7.69. The Morgan fingerprint density at radius 1 is 1.24 bits per heavy atom. The summed E-state index contributed by atoms with van der Waals surface area (Å²) in [4.78, 5) is 18.1. The number of pyridine rings is 1. The van der Waals surface area contributed by atoms with E-state index >= 15 is 0 Å². The summed E-state index contributed by atoms with van der Waals surface area (Å²) >= 11 is 0. The van der Waals surface area contributed by atoms with Gasteiger partial charge in [0.15, 0.2) is 15.5 Å². The number of ether oxygens (including phenoxy) is 1. The van der Waals surface area contributed by atoms with Gasteiger partial charge in [-0.15, -0.1) is 0 Å². The first kappa shape index (κ1) is 23.4. The molecular weight excluding hydrogens is 440 g/mol. The van der Waals surface area contributed by atoms with E-state index < -0.39 is 9.84 Å². The van der Waals surface area contributed by atoms with Crippen LogP contribution in [0.4, 0.5) is 0 Å². The van der Waals surface area contributed by atoms with Gasteiger partial charge in [0.2, 0.25) is 0 Å². The van der Waals surface area contributed by atoms with Crippen molar-refractivity contribution in [3.05, 3.63) is 47.2 Å². The monoisotopic (exact) mass is 470 g/mol. The Morgan fingerprint density at radius 2 is 2.00 bits per heavy atom. The largest absolute Gasteiger partial charge is 0.382 e. The number of sulfone groups is 1. The summed E-state index contributed by atoms with van der Waals surface area (Å²) < 4.78 is 31.3. The summed E-state index contributed by atoms with van der Waals surface area (Å²) in [7, 11) is -3.10. The summed E-state index contributed by atoms with van der Waals surface area (Å²) in [5.74, 6) is -0.0180. The van der Waals surface area contributed by atoms with Crippen LogP contribution in [0.3, 0.4) is 0 Å². The number of aromatic nitrogens is 3. The van der Waals surface area contributed by atoms with Crippen molar-refractivity contribution in [1.82, 2.24) is 20.1 Å². The van der Waals surface area contributed by atoms with Crippen molar-refractivity contribution in [2.75, 3.05) is 31.3 Å². The standard InChI is InChI=1S/C24H30N4O4S/c1-4-32-12-5-11-25-24(29)20-14-21(18-8-6-16(2)7-9-18)26-23-22(20)17(3)27-28(23)19-10-13-33(30,31)15-19/h6-9,14,19H,4-5,10-13,15H2,1-3H3,(H,25,29).